The van der Waals surface area contributed by atoms with Gasteiger partial charge in [-0.05, 0) is 33.2 Å². The van der Waals surface area contributed by atoms with Crippen LogP contribution in [0.5, 0.6) is 0 Å². The number of ether oxygens (including phenoxy) is 1. The molecular formula is C15H27ClN4OS. The molecule has 126 valence electrons. The molecule has 3 atom stereocenters. The molecule has 2 saturated heterocycles. The second-order valence-corrected chi connectivity index (χ2v) is 7.55. The molecule has 5 nitrogen and oxygen atoms in total. The highest BCUT2D eigenvalue weighted by Crippen LogP contribution is 2.25. The Hall–Kier alpha value is -0.400. The van der Waals surface area contributed by atoms with E-state index in [1.54, 1.807) is 11.3 Å². The summed E-state index contributed by atoms with van der Waals surface area (Å²) in [6.07, 6.45) is 5.23. The van der Waals surface area contributed by atoms with E-state index in [4.69, 9.17) is 10.5 Å². The molecule has 0 amide bonds. The number of thiazole rings is 1. The molecular weight excluding hydrogens is 320 g/mol. The van der Waals surface area contributed by atoms with Crippen molar-refractivity contribution in [1.29, 1.82) is 0 Å². The number of hydrogen-bond donors (Lipinski definition) is 1. The third-order valence-electron chi connectivity index (χ3n) is 4.39. The van der Waals surface area contributed by atoms with Gasteiger partial charge in [-0.2, -0.15) is 0 Å². The number of nitrogens with zero attached hydrogens (tertiary/aromatic N) is 3. The van der Waals surface area contributed by atoms with E-state index in [1.165, 1.54) is 24.3 Å². The van der Waals surface area contributed by atoms with Crippen molar-refractivity contribution in [3.63, 3.8) is 0 Å². The number of nitrogen functional groups attached to an aromatic ring is 1. The summed E-state index contributed by atoms with van der Waals surface area (Å²) in [5.41, 5.74) is 5.73. The van der Waals surface area contributed by atoms with Crippen molar-refractivity contribution in [3.05, 3.63) is 11.1 Å². The maximum Gasteiger partial charge on any atom is 0.180 e. The zero-order chi connectivity index (χ0) is 14.8. The quantitative estimate of drug-likeness (QED) is 0.906. The number of rotatable bonds is 4. The fourth-order valence-electron chi connectivity index (χ4n) is 3.64. The van der Waals surface area contributed by atoms with Gasteiger partial charge in [-0.15, -0.1) is 23.7 Å². The Balaban J connectivity index is 0.00000176. The third-order valence-corrected chi connectivity index (χ3v) is 5.20. The van der Waals surface area contributed by atoms with E-state index < -0.39 is 0 Å². The van der Waals surface area contributed by atoms with Crippen LogP contribution >= 0.6 is 23.7 Å². The van der Waals surface area contributed by atoms with Gasteiger partial charge in [-0.3, -0.25) is 9.80 Å². The van der Waals surface area contributed by atoms with Crippen LogP contribution in [0.1, 0.15) is 31.6 Å². The number of aromatic nitrogens is 1. The average Bonchev–Trinajstić information content (AvgIpc) is 2.99. The Morgan fingerprint density at radius 1 is 1.36 bits per heavy atom. The van der Waals surface area contributed by atoms with Gasteiger partial charge in [0.25, 0.3) is 0 Å². The number of hydrogen-bond acceptors (Lipinski definition) is 6. The number of halogens is 1. The van der Waals surface area contributed by atoms with Gasteiger partial charge in [0.1, 0.15) is 0 Å². The maximum absolute atomic E-state index is 5.83. The lowest BCUT2D eigenvalue weighted by Crippen LogP contribution is -2.49. The molecule has 2 aliphatic rings. The minimum Gasteiger partial charge on any atom is -0.375 e. The fourth-order valence-corrected chi connectivity index (χ4v) is 4.35. The van der Waals surface area contributed by atoms with Crippen LogP contribution in [-0.2, 0) is 11.3 Å². The van der Waals surface area contributed by atoms with E-state index in [0.717, 1.165) is 26.2 Å². The molecule has 3 unspecified atom stereocenters. The summed E-state index contributed by atoms with van der Waals surface area (Å²) < 4.78 is 5.83. The number of anilines is 1. The van der Waals surface area contributed by atoms with Crippen LogP contribution < -0.4 is 5.73 Å². The van der Waals surface area contributed by atoms with Crippen LogP contribution in [0, 0.1) is 0 Å². The first kappa shape index (κ1) is 17.9. The summed E-state index contributed by atoms with van der Waals surface area (Å²) in [6.45, 7) is 9.81. The van der Waals surface area contributed by atoms with E-state index in [1.807, 2.05) is 6.20 Å². The maximum atomic E-state index is 5.83. The van der Waals surface area contributed by atoms with Gasteiger partial charge in [0.05, 0.1) is 12.2 Å². The minimum atomic E-state index is 0. The summed E-state index contributed by atoms with van der Waals surface area (Å²) in [5.74, 6) is 0. The normalized spacial score (nSPS) is 30.4. The van der Waals surface area contributed by atoms with E-state index in [-0.39, 0.29) is 12.4 Å². The lowest BCUT2D eigenvalue weighted by Gasteiger charge is -2.38. The molecule has 1 aromatic rings. The molecule has 0 aliphatic carbocycles. The van der Waals surface area contributed by atoms with Gasteiger partial charge in [-0.1, -0.05) is 0 Å². The van der Waals surface area contributed by atoms with Crippen molar-refractivity contribution >= 4 is 28.9 Å². The first-order valence-electron chi connectivity index (χ1n) is 7.92. The molecule has 0 aromatic carbocycles. The van der Waals surface area contributed by atoms with Crippen molar-refractivity contribution < 1.29 is 4.74 Å². The van der Waals surface area contributed by atoms with Crippen LogP contribution in [-0.4, -0.2) is 59.2 Å². The molecule has 0 radical (unpaired) electrons. The largest absolute Gasteiger partial charge is 0.375 e. The fraction of sp³-hybridized carbons (Fsp3) is 0.800. The van der Waals surface area contributed by atoms with Crippen LogP contribution in [0.3, 0.4) is 0 Å². The van der Waals surface area contributed by atoms with Crippen LogP contribution in [0.2, 0.25) is 0 Å². The summed E-state index contributed by atoms with van der Waals surface area (Å²) >= 11 is 1.61. The predicted molar refractivity (Wildman–Crippen MR) is 93.7 cm³/mol. The van der Waals surface area contributed by atoms with E-state index in [2.05, 4.69) is 28.6 Å². The first-order chi connectivity index (χ1) is 10.1. The molecule has 3 heterocycles. The third kappa shape index (κ3) is 4.55. The molecule has 1 aromatic heterocycles. The highest BCUT2D eigenvalue weighted by Gasteiger charge is 2.30. The number of nitrogens with two attached hydrogens (primary N) is 1. The second kappa shape index (κ2) is 7.93. The monoisotopic (exact) mass is 346 g/mol. The van der Waals surface area contributed by atoms with Crippen molar-refractivity contribution in [2.24, 2.45) is 0 Å². The van der Waals surface area contributed by atoms with E-state index in [9.17, 15) is 0 Å². The zero-order valence-corrected chi connectivity index (χ0v) is 15.0. The molecule has 22 heavy (non-hydrogen) atoms. The summed E-state index contributed by atoms with van der Waals surface area (Å²) in [7, 11) is 0. The van der Waals surface area contributed by atoms with Crippen molar-refractivity contribution in [2.45, 2.75) is 51.5 Å². The Morgan fingerprint density at radius 2 is 2.09 bits per heavy atom. The molecule has 2 fully saturated rings. The average molecular weight is 347 g/mol. The van der Waals surface area contributed by atoms with Crippen molar-refractivity contribution in [2.75, 3.05) is 31.9 Å². The van der Waals surface area contributed by atoms with Crippen molar-refractivity contribution in [3.8, 4) is 0 Å². The van der Waals surface area contributed by atoms with Crippen LogP contribution in [0.25, 0.3) is 0 Å². The number of likely N-dealkylation sites (tertiary alicyclic amines) is 1. The molecule has 0 saturated carbocycles. The van der Waals surface area contributed by atoms with Gasteiger partial charge < -0.3 is 10.5 Å². The highest BCUT2D eigenvalue weighted by atomic mass is 35.5. The molecule has 2 N–H and O–H groups in total. The van der Waals surface area contributed by atoms with Gasteiger partial charge in [0, 0.05) is 43.3 Å². The molecule has 2 aliphatic heterocycles. The van der Waals surface area contributed by atoms with E-state index in [0.29, 0.717) is 23.4 Å². The molecule has 7 heteroatoms. The van der Waals surface area contributed by atoms with Gasteiger partial charge in [-0.25, -0.2) is 4.98 Å². The second-order valence-electron chi connectivity index (χ2n) is 6.41. The van der Waals surface area contributed by atoms with E-state index >= 15 is 0 Å². The summed E-state index contributed by atoms with van der Waals surface area (Å²) in [4.78, 5) is 10.6. The summed E-state index contributed by atoms with van der Waals surface area (Å²) in [6, 6.07) is 0.658. The summed E-state index contributed by atoms with van der Waals surface area (Å²) in [5, 5.41) is 0.677. The highest BCUT2D eigenvalue weighted by molar-refractivity contribution is 7.15. The molecule has 3 rings (SSSR count). The lowest BCUT2D eigenvalue weighted by molar-refractivity contribution is -0.0724. The Kier molecular flexibility index (Phi) is 6.46. The van der Waals surface area contributed by atoms with Crippen LogP contribution in [0.4, 0.5) is 5.13 Å². The van der Waals surface area contributed by atoms with Gasteiger partial charge in [0.2, 0.25) is 0 Å². The lowest BCUT2D eigenvalue weighted by atomic mass is 10.1. The first-order valence-corrected chi connectivity index (χ1v) is 8.74. The Labute approximate surface area is 143 Å². The number of morpholine rings is 1. The van der Waals surface area contributed by atoms with Gasteiger partial charge >= 0.3 is 0 Å². The topological polar surface area (TPSA) is 54.6 Å². The minimum absolute atomic E-state index is 0. The van der Waals surface area contributed by atoms with Gasteiger partial charge in [0.15, 0.2) is 5.13 Å². The SMILES string of the molecule is CC1CN(CC2CCCN2Cc2cnc(N)s2)CC(C)O1.Cl. The predicted octanol–water partition coefficient (Wildman–Crippen LogP) is 2.22. The molecule has 0 bridgehead atoms. The zero-order valence-electron chi connectivity index (χ0n) is 13.4. The molecule has 0 spiro atoms. The standard InChI is InChI=1S/C15H26N4OS.ClH/c1-11-7-18(8-12(2)20-11)9-13-4-3-5-19(13)10-14-6-17-15(16)21-14;/h6,11-13H,3-5,7-10H2,1-2H3,(H2,16,17);1H. The van der Waals surface area contributed by atoms with Crippen LogP contribution in [0.15, 0.2) is 6.20 Å². The Bertz CT molecular complexity index is 462. The smallest absolute Gasteiger partial charge is 0.180 e. The van der Waals surface area contributed by atoms with Crippen molar-refractivity contribution in [1.82, 2.24) is 14.8 Å². The Morgan fingerprint density at radius 3 is 2.73 bits per heavy atom.